The molecule has 4 saturated carbocycles. The third-order valence-electron chi connectivity index (χ3n) is 24.5. The van der Waals surface area contributed by atoms with E-state index in [4.69, 9.17) is 56.8 Å². The summed E-state index contributed by atoms with van der Waals surface area (Å²) in [6, 6.07) is 0. The minimum Gasteiger partial charge on any atom is -0.432 e. The first-order chi connectivity index (χ1) is 44.4. The second-order valence-electron chi connectivity index (χ2n) is 30.9. The summed E-state index contributed by atoms with van der Waals surface area (Å²) in [6.07, 6.45) is -43.9. The first-order valence-electron chi connectivity index (χ1n) is 33.2. The van der Waals surface area contributed by atoms with Gasteiger partial charge in [0.25, 0.3) is 0 Å². The number of rotatable bonds is 15. The molecule has 32 nitrogen and oxygen atoms in total. The minimum absolute atomic E-state index is 0.0260. The van der Waals surface area contributed by atoms with Crippen molar-refractivity contribution in [3.05, 3.63) is 11.6 Å². The molecule has 6 heterocycles. The van der Waals surface area contributed by atoms with E-state index in [9.17, 15) is 97.0 Å². The standard InChI is InChI=1S/C63H102O32/c1-23-34(72)36(74)39(77)51(87-23)91-44-30(70)19-84-50(42(44)80)90-43-24(2)88-52(40(78)37(43)75)93-46-35(73)29(69)18-85-54(46)95-56(82)63-12-11-57(3,4)13-26(63)25-9-10-32-58(5)14-28(68)49(59(6,20-65)47(58)27(67)15-61(32,8)60(25,7)16-33(63)71)94-53-41(79)38(76)45(31(17-64)89-53)92-55-48(81)62(83,21-66)22-86-55/h9,23-24,26-55,64-81,83H,10-22H2,1-8H3/t23-,24-,26-,27+,28-,29-,30+,31+,32+,33+,34-,35-,36+,37-,38+,39+,40+,41+,42+,43-,44-,45+,46+,47+,48-,49-,50-,51-,52-,53-,54-,55-,58+,59-,60+,61+,62+,63+/m0/s1. The van der Waals surface area contributed by atoms with Gasteiger partial charge in [-0.3, -0.25) is 4.79 Å². The zero-order valence-corrected chi connectivity index (χ0v) is 54.5. The van der Waals surface area contributed by atoms with Gasteiger partial charge in [-0.05, 0) is 92.3 Å². The summed E-state index contributed by atoms with van der Waals surface area (Å²) in [5, 5.41) is 213. The Morgan fingerprint density at radius 1 is 0.537 bits per heavy atom. The predicted octanol–water partition coefficient (Wildman–Crippen LogP) is -6.53. The van der Waals surface area contributed by atoms with Crippen LogP contribution in [0.25, 0.3) is 0 Å². The van der Waals surface area contributed by atoms with Crippen LogP contribution in [0.5, 0.6) is 0 Å². The smallest absolute Gasteiger partial charge is 0.317 e. The van der Waals surface area contributed by atoms with Gasteiger partial charge in [0.05, 0.1) is 76.3 Å². The molecule has 0 aromatic heterocycles. The lowest BCUT2D eigenvalue weighted by atomic mass is 9.32. The molecule has 6 aliphatic heterocycles. The molecule has 0 spiro atoms. The molecule has 0 unspecified atom stereocenters. The highest BCUT2D eigenvalue weighted by Crippen LogP contribution is 2.76. The Balaban J connectivity index is 0.796. The first-order valence-corrected chi connectivity index (χ1v) is 33.2. The van der Waals surface area contributed by atoms with Gasteiger partial charge in [-0.2, -0.15) is 0 Å². The van der Waals surface area contributed by atoms with Crippen molar-refractivity contribution < 1.29 is 159 Å². The number of aliphatic hydroxyl groups excluding tert-OH is 18. The monoisotopic (exact) mass is 1370 g/mol. The van der Waals surface area contributed by atoms with Gasteiger partial charge < -0.3 is 154 Å². The molecular weight excluding hydrogens is 1270 g/mol. The molecule has 32 heteroatoms. The number of hydrogen-bond acceptors (Lipinski definition) is 32. The molecule has 0 amide bonds. The van der Waals surface area contributed by atoms with Crippen LogP contribution >= 0.6 is 0 Å². The lowest BCUT2D eigenvalue weighted by Gasteiger charge is -2.73. The molecule has 95 heavy (non-hydrogen) atoms. The lowest BCUT2D eigenvalue weighted by molar-refractivity contribution is -0.377. The molecule has 19 N–H and O–H groups in total. The Hall–Kier alpha value is -1.99. The maximum atomic E-state index is 15.5. The molecule has 5 aliphatic carbocycles. The SMILES string of the molecule is C[C@@H]1O[C@@H](O[C@@H]2[C@@H](O)[C@H](O[C@@H]3[C@@H](O)[C@@H](O)[C@H](O[C@H]4[C@H](OC(=O)[C@]56CCC(C)(C)C[C@H]5C5=CC[C@@H]7[C@@]8(C)C[C@H](O)[C@H](O[C@@H]9O[C@H](CO)[C@@H](O[C@@H]%10OC[C@](O)(CO)[C@H]%10O)[C@H](O)[C@H]9O)[C@@](C)(CO)[C@@H]8[C@H](O)C[C@@]7(C)[C@]5(C)C[C@H]6O)OC[C@H](O)[C@@H]4O)O[C@H]3C)OC[C@H]2O)[C@H](O)[C@H](O)[C@H]1O. The summed E-state index contributed by atoms with van der Waals surface area (Å²) in [5.74, 6) is -2.82. The van der Waals surface area contributed by atoms with E-state index in [1.54, 1.807) is 6.92 Å². The minimum atomic E-state index is -2.10. The van der Waals surface area contributed by atoms with Crippen molar-refractivity contribution in [1.82, 2.24) is 0 Å². The van der Waals surface area contributed by atoms with E-state index >= 15 is 4.79 Å². The predicted molar refractivity (Wildman–Crippen MR) is 313 cm³/mol. The molecule has 11 rings (SSSR count). The fraction of sp³-hybridized carbons (Fsp3) is 0.952. The number of ether oxygens (including phenoxy) is 12. The van der Waals surface area contributed by atoms with Crippen LogP contribution in [0.1, 0.15) is 100 Å². The van der Waals surface area contributed by atoms with Crippen LogP contribution in [-0.4, -0.2) is 326 Å². The van der Waals surface area contributed by atoms with Crippen molar-refractivity contribution in [3.8, 4) is 0 Å². The molecule has 0 aromatic rings. The van der Waals surface area contributed by atoms with Gasteiger partial charge in [-0.1, -0.05) is 53.2 Å². The van der Waals surface area contributed by atoms with Crippen molar-refractivity contribution in [2.24, 2.45) is 50.2 Å². The van der Waals surface area contributed by atoms with Crippen LogP contribution in [0.3, 0.4) is 0 Å². The highest BCUT2D eigenvalue weighted by Gasteiger charge is 2.75. The van der Waals surface area contributed by atoms with E-state index < -0.39 is 274 Å². The van der Waals surface area contributed by atoms with Gasteiger partial charge in [0.15, 0.2) is 37.6 Å². The average molecular weight is 1370 g/mol. The van der Waals surface area contributed by atoms with Crippen molar-refractivity contribution >= 4 is 5.97 Å². The first kappa shape index (κ1) is 74.2. The van der Waals surface area contributed by atoms with Crippen LogP contribution in [-0.2, 0) is 61.6 Å². The summed E-state index contributed by atoms with van der Waals surface area (Å²) in [5.41, 5.74) is -7.68. The van der Waals surface area contributed by atoms with Crippen molar-refractivity contribution in [3.63, 3.8) is 0 Å². The maximum Gasteiger partial charge on any atom is 0.317 e. The van der Waals surface area contributed by atoms with E-state index in [2.05, 4.69) is 19.9 Å². The lowest BCUT2D eigenvalue weighted by Crippen LogP contribution is -2.73. The van der Waals surface area contributed by atoms with Gasteiger partial charge in [0, 0.05) is 11.3 Å². The van der Waals surface area contributed by atoms with Gasteiger partial charge in [-0.15, -0.1) is 0 Å². The van der Waals surface area contributed by atoms with E-state index in [1.165, 1.54) is 13.8 Å². The van der Waals surface area contributed by atoms with Crippen LogP contribution in [0.4, 0.5) is 0 Å². The van der Waals surface area contributed by atoms with Crippen molar-refractivity contribution in [2.45, 2.75) is 284 Å². The second-order valence-corrected chi connectivity index (χ2v) is 30.9. The van der Waals surface area contributed by atoms with Gasteiger partial charge in [-0.25, -0.2) is 0 Å². The highest BCUT2D eigenvalue weighted by atomic mass is 16.8. The zero-order valence-electron chi connectivity index (χ0n) is 54.5. The van der Waals surface area contributed by atoms with Crippen molar-refractivity contribution in [1.29, 1.82) is 0 Å². The third kappa shape index (κ3) is 12.2. The summed E-state index contributed by atoms with van der Waals surface area (Å²) < 4.78 is 70.4. The Kier molecular flexibility index (Phi) is 21.1. The Morgan fingerprint density at radius 3 is 1.77 bits per heavy atom. The number of esters is 1. The fourth-order valence-corrected chi connectivity index (χ4v) is 19.0. The quantitative estimate of drug-likeness (QED) is 0.0412. The number of fused-ring (bicyclic) bond motifs is 7. The Labute approximate surface area is 548 Å². The average Bonchev–Trinajstić information content (AvgIpc) is 0.822. The number of hydrogen-bond donors (Lipinski definition) is 19. The Bertz CT molecular complexity index is 2720. The molecule has 11 aliphatic rings. The summed E-state index contributed by atoms with van der Waals surface area (Å²) in [7, 11) is 0. The number of carbonyl (C=O) groups excluding carboxylic acids is 1. The van der Waals surface area contributed by atoms with Gasteiger partial charge in [0.1, 0.15) is 109 Å². The molecule has 10 fully saturated rings. The van der Waals surface area contributed by atoms with E-state index in [-0.39, 0.29) is 31.6 Å². The fourth-order valence-electron chi connectivity index (χ4n) is 19.0. The highest BCUT2D eigenvalue weighted by molar-refractivity contribution is 5.80. The van der Waals surface area contributed by atoms with Crippen LogP contribution in [0.2, 0.25) is 0 Å². The van der Waals surface area contributed by atoms with Gasteiger partial charge >= 0.3 is 5.97 Å². The maximum absolute atomic E-state index is 15.5. The molecule has 6 saturated heterocycles. The number of allylic oxidation sites excluding steroid dienone is 2. The topological polar surface area (TPSA) is 512 Å². The Morgan fingerprint density at radius 2 is 1.13 bits per heavy atom. The molecular formula is C63H102O32. The summed E-state index contributed by atoms with van der Waals surface area (Å²) >= 11 is 0. The zero-order chi connectivity index (χ0) is 69.5. The largest absolute Gasteiger partial charge is 0.432 e. The molecule has 38 atom stereocenters. The van der Waals surface area contributed by atoms with E-state index in [1.807, 2.05) is 20.8 Å². The molecule has 0 radical (unpaired) electrons. The normalized spacial score (nSPS) is 56.3. The van der Waals surface area contributed by atoms with E-state index in [0.29, 0.717) is 19.3 Å². The van der Waals surface area contributed by atoms with E-state index in [0.717, 1.165) is 5.57 Å². The van der Waals surface area contributed by atoms with Crippen LogP contribution < -0.4 is 0 Å². The molecule has 0 aromatic carbocycles. The molecule has 546 valence electrons. The number of carbonyl (C=O) groups is 1. The van der Waals surface area contributed by atoms with Gasteiger partial charge in [0.2, 0.25) is 6.29 Å². The molecule has 0 bridgehead atoms. The van der Waals surface area contributed by atoms with Crippen LogP contribution in [0, 0.1) is 50.2 Å². The summed E-state index contributed by atoms with van der Waals surface area (Å²) in [6.45, 7) is 10.6. The third-order valence-corrected chi connectivity index (χ3v) is 24.5. The van der Waals surface area contributed by atoms with Crippen molar-refractivity contribution in [2.75, 3.05) is 39.6 Å². The second kappa shape index (κ2) is 27.0. The number of aliphatic hydroxyl groups is 19. The summed E-state index contributed by atoms with van der Waals surface area (Å²) in [4.78, 5) is 15.5. The van der Waals surface area contributed by atoms with Crippen LogP contribution in [0.15, 0.2) is 11.6 Å².